The lowest BCUT2D eigenvalue weighted by Gasteiger charge is -2.38. The van der Waals surface area contributed by atoms with Gasteiger partial charge < -0.3 is 4.90 Å². The summed E-state index contributed by atoms with van der Waals surface area (Å²) in [6, 6.07) is 4.95. The fourth-order valence-corrected chi connectivity index (χ4v) is 5.68. The first kappa shape index (κ1) is 20.2. The molecule has 31 heavy (non-hydrogen) atoms. The molecule has 3 aliphatic rings. The van der Waals surface area contributed by atoms with Crippen LogP contribution in [0.25, 0.3) is 0 Å². The molecule has 1 aromatic carbocycles. The second-order valence-corrected chi connectivity index (χ2v) is 10.5. The second-order valence-electron chi connectivity index (χ2n) is 8.83. The topological polar surface area (TPSA) is 99.9 Å². The summed E-state index contributed by atoms with van der Waals surface area (Å²) in [5.41, 5.74) is 1.60. The smallest absolute Gasteiger partial charge is 0.263 e. The maximum atomic E-state index is 13.5. The van der Waals surface area contributed by atoms with Crippen LogP contribution in [-0.4, -0.2) is 53.1 Å². The Morgan fingerprint density at radius 3 is 2.71 bits per heavy atom. The monoisotopic (exact) mass is 442 g/mol. The van der Waals surface area contributed by atoms with E-state index in [0.717, 1.165) is 24.8 Å². The van der Waals surface area contributed by atoms with Gasteiger partial charge in [-0.25, -0.2) is 13.1 Å². The summed E-state index contributed by atoms with van der Waals surface area (Å²) in [4.78, 5) is 22.0. The number of benzene rings is 1. The molecule has 0 spiro atoms. The van der Waals surface area contributed by atoms with Crippen LogP contribution in [0.4, 0.5) is 5.69 Å². The number of aryl methyl sites for hydroxylation is 1. The van der Waals surface area contributed by atoms with Gasteiger partial charge in [0.25, 0.3) is 5.91 Å². The molecule has 1 fully saturated rings. The van der Waals surface area contributed by atoms with Crippen LogP contribution in [0.5, 0.6) is 0 Å². The van der Waals surface area contributed by atoms with Gasteiger partial charge in [-0.15, -0.1) is 0 Å². The largest absolute Gasteiger partial charge is 0.306 e. The van der Waals surface area contributed by atoms with Crippen LogP contribution < -0.4 is 9.62 Å². The van der Waals surface area contributed by atoms with E-state index in [-0.39, 0.29) is 22.4 Å². The number of hydrogen-bond donors (Lipinski definition) is 1. The fourth-order valence-electron chi connectivity index (χ4n) is 4.19. The molecule has 1 atom stereocenters. The normalized spacial score (nSPS) is 21.7. The summed E-state index contributed by atoms with van der Waals surface area (Å²) >= 11 is 0. The Balaban J connectivity index is 1.56. The van der Waals surface area contributed by atoms with Crippen molar-refractivity contribution >= 4 is 27.6 Å². The number of carbonyl (C=O) groups is 1. The number of sulfonamides is 1. The Hall–Kier alpha value is -2.72. The minimum atomic E-state index is -3.71. The molecule has 1 N–H and O–H groups in total. The third-order valence-corrected chi connectivity index (χ3v) is 7.87. The number of anilines is 1. The third kappa shape index (κ3) is 3.43. The van der Waals surface area contributed by atoms with Crippen molar-refractivity contribution < 1.29 is 13.2 Å². The van der Waals surface area contributed by atoms with Gasteiger partial charge in [0.15, 0.2) is 0 Å². The van der Waals surface area contributed by atoms with Crippen LogP contribution in [0.2, 0.25) is 0 Å². The van der Waals surface area contributed by atoms with Gasteiger partial charge in [-0.1, -0.05) is 6.92 Å². The molecule has 3 heterocycles. The molecule has 0 unspecified atom stereocenters. The Morgan fingerprint density at radius 1 is 1.29 bits per heavy atom. The number of guanidine groups is 1. The Bertz CT molecular complexity index is 1200. The number of aliphatic imine (C=N–C) groups is 1. The van der Waals surface area contributed by atoms with Crippen LogP contribution in [0.15, 0.2) is 40.5 Å². The van der Waals surface area contributed by atoms with Crippen molar-refractivity contribution in [2.24, 2.45) is 12.0 Å². The van der Waals surface area contributed by atoms with Gasteiger partial charge >= 0.3 is 0 Å². The predicted octanol–water partition coefficient (Wildman–Crippen LogP) is 1.86. The average Bonchev–Trinajstić information content (AvgIpc) is 3.12. The second kappa shape index (κ2) is 6.89. The first-order valence-electron chi connectivity index (χ1n) is 10.5. The molecule has 1 aliphatic carbocycles. The van der Waals surface area contributed by atoms with Gasteiger partial charge in [0.05, 0.1) is 41.5 Å². The Kier molecular flexibility index (Phi) is 4.49. The molecular weight excluding hydrogens is 416 g/mol. The average molecular weight is 443 g/mol. The molecule has 5 rings (SSSR count). The molecule has 0 saturated heterocycles. The van der Waals surface area contributed by atoms with Gasteiger partial charge in [0.1, 0.15) is 0 Å². The summed E-state index contributed by atoms with van der Waals surface area (Å²) in [6.07, 6.45) is 6.09. The minimum Gasteiger partial charge on any atom is -0.306 e. The van der Waals surface area contributed by atoms with E-state index in [0.29, 0.717) is 30.3 Å². The molecule has 2 aromatic rings. The quantitative estimate of drug-likeness (QED) is 0.736. The number of nitrogens with one attached hydrogen (secondary N) is 1. The number of rotatable bonds is 6. The minimum absolute atomic E-state index is 0.113. The van der Waals surface area contributed by atoms with Crippen molar-refractivity contribution in [2.75, 3.05) is 11.4 Å². The van der Waals surface area contributed by atoms with Gasteiger partial charge in [-0.2, -0.15) is 5.10 Å². The fraction of sp³-hybridized carbons (Fsp3) is 0.476. The number of hydrogen-bond acceptors (Lipinski definition) is 6. The van der Waals surface area contributed by atoms with Crippen molar-refractivity contribution in [3.05, 3.63) is 41.7 Å². The zero-order valence-corrected chi connectivity index (χ0v) is 18.7. The summed E-state index contributed by atoms with van der Waals surface area (Å²) in [5, 5.41) is 4.19. The number of nitrogens with zero attached hydrogens (tertiary/aromatic N) is 5. The van der Waals surface area contributed by atoms with Crippen LogP contribution in [0.3, 0.4) is 0 Å². The summed E-state index contributed by atoms with van der Waals surface area (Å²) in [6.45, 7) is 4.90. The Labute approximate surface area is 181 Å². The van der Waals surface area contributed by atoms with Crippen molar-refractivity contribution in [3.63, 3.8) is 0 Å². The van der Waals surface area contributed by atoms with Crippen molar-refractivity contribution in [1.29, 1.82) is 0 Å². The van der Waals surface area contributed by atoms with Crippen molar-refractivity contribution in [2.45, 2.75) is 56.1 Å². The number of amides is 1. The highest BCUT2D eigenvalue weighted by Crippen LogP contribution is 2.38. The van der Waals surface area contributed by atoms with E-state index in [1.54, 1.807) is 27.9 Å². The number of aromatic nitrogens is 2. The van der Waals surface area contributed by atoms with Crippen molar-refractivity contribution in [1.82, 2.24) is 19.4 Å². The van der Waals surface area contributed by atoms with E-state index in [1.165, 1.54) is 6.07 Å². The standard InChI is InChI=1S/C21H26N6O3S/c1-4-15-11-22-20-26(13-14-10-23-25(3)12-14)19(28)17-9-16(5-6-18(17)27(15)20)31(29,30)24-21(2)7-8-21/h5-6,9-10,12,15,24H,4,7-8,11,13H2,1-3H3/t15-/m1/s1. The molecule has 2 aliphatic heterocycles. The molecule has 164 valence electrons. The zero-order valence-electron chi connectivity index (χ0n) is 17.9. The molecule has 9 nitrogen and oxygen atoms in total. The lowest BCUT2D eigenvalue weighted by atomic mass is 10.1. The molecule has 1 saturated carbocycles. The molecule has 1 amide bonds. The number of carbonyl (C=O) groups excluding carboxylic acids is 1. The first-order valence-corrected chi connectivity index (χ1v) is 12.0. The maximum absolute atomic E-state index is 13.5. The van der Waals surface area contributed by atoms with Crippen LogP contribution in [0, 0.1) is 0 Å². The highest BCUT2D eigenvalue weighted by atomic mass is 32.2. The molecule has 0 radical (unpaired) electrons. The van der Waals surface area contributed by atoms with E-state index in [9.17, 15) is 13.2 Å². The maximum Gasteiger partial charge on any atom is 0.263 e. The van der Waals surface area contributed by atoms with Crippen LogP contribution in [-0.2, 0) is 23.6 Å². The highest BCUT2D eigenvalue weighted by Gasteiger charge is 2.44. The lowest BCUT2D eigenvalue weighted by molar-refractivity contribution is 0.0832. The van der Waals surface area contributed by atoms with E-state index in [2.05, 4.69) is 26.6 Å². The number of fused-ring (bicyclic) bond motifs is 3. The van der Waals surface area contributed by atoms with Gasteiger partial charge in [-0.05, 0) is 44.4 Å². The van der Waals surface area contributed by atoms with Crippen LogP contribution >= 0.6 is 0 Å². The van der Waals surface area contributed by atoms with E-state index < -0.39 is 10.0 Å². The van der Waals surface area contributed by atoms with Gasteiger partial charge in [0, 0.05) is 24.3 Å². The van der Waals surface area contributed by atoms with E-state index in [1.807, 2.05) is 20.2 Å². The predicted molar refractivity (Wildman–Crippen MR) is 116 cm³/mol. The zero-order chi connectivity index (χ0) is 22.0. The molecular formula is C21H26N6O3S. The summed E-state index contributed by atoms with van der Waals surface area (Å²) in [5.74, 6) is 0.368. The lowest BCUT2D eigenvalue weighted by Crippen LogP contribution is -2.52. The Morgan fingerprint density at radius 2 is 2.06 bits per heavy atom. The molecule has 0 bridgehead atoms. The van der Waals surface area contributed by atoms with Gasteiger partial charge in [-0.3, -0.25) is 19.4 Å². The van der Waals surface area contributed by atoms with E-state index >= 15 is 0 Å². The van der Waals surface area contributed by atoms with Gasteiger partial charge in [0.2, 0.25) is 16.0 Å². The van der Waals surface area contributed by atoms with Crippen molar-refractivity contribution in [3.8, 4) is 0 Å². The van der Waals surface area contributed by atoms with E-state index in [4.69, 9.17) is 0 Å². The van der Waals surface area contributed by atoms with Crippen LogP contribution in [0.1, 0.15) is 49.0 Å². The summed E-state index contributed by atoms with van der Waals surface area (Å²) in [7, 11) is -1.88. The molecule has 10 heteroatoms. The first-order chi connectivity index (χ1) is 14.7. The summed E-state index contributed by atoms with van der Waals surface area (Å²) < 4.78 is 30.3. The molecule has 1 aromatic heterocycles. The highest BCUT2D eigenvalue weighted by molar-refractivity contribution is 7.89. The third-order valence-electron chi connectivity index (χ3n) is 6.23. The SMILES string of the molecule is CC[C@@H]1CN=C2N(Cc3cnn(C)c3)C(=O)c3cc(S(=O)(=O)NC4(C)CC4)ccc3N21.